The fraction of sp³-hybridized carbons (Fsp3) is 0.500. The van der Waals surface area contributed by atoms with Crippen molar-refractivity contribution in [3.63, 3.8) is 0 Å². The summed E-state index contributed by atoms with van der Waals surface area (Å²) < 4.78 is 5.52. The molecule has 1 heterocycles. The van der Waals surface area contributed by atoms with E-state index in [1.54, 1.807) is 6.07 Å². The lowest BCUT2D eigenvalue weighted by Crippen LogP contribution is -2.23. The Morgan fingerprint density at radius 2 is 2.14 bits per heavy atom. The minimum Gasteiger partial charge on any atom is -0.424 e. The molecule has 0 radical (unpaired) electrons. The number of nitrogens with one attached hydrogen (secondary N) is 1. The van der Waals surface area contributed by atoms with E-state index in [0.29, 0.717) is 23.0 Å². The fourth-order valence-corrected chi connectivity index (χ4v) is 2.69. The Kier molecular flexibility index (Phi) is 3.74. The number of aromatic nitrogens is 1. The van der Waals surface area contributed by atoms with Gasteiger partial charge in [0, 0.05) is 18.7 Å². The lowest BCUT2D eigenvalue weighted by molar-refractivity contribution is -0.384. The van der Waals surface area contributed by atoms with Crippen molar-refractivity contribution in [1.82, 2.24) is 4.98 Å². The van der Waals surface area contributed by atoms with E-state index in [9.17, 15) is 15.2 Å². The average molecular weight is 291 g/mol. The van der Waals surface area contributed by atoms with E-state index in [2.05, 4.69) is 10.3 Å². The molecule has 1 aromatic heterocycles. The van der Waals surface area contributed by atoms with Gasteiger partial charge in [0.25, 0.3) is 11.7 Å². The van der Waals surface area contributed by atoms with Crippen LogP contribution in [-0.2, 0) is 0 Å². The summed E-state index contributed by atoms with van der Waals surface area (Å²) in [5.41, 5.74) is 1.01. The Balaban J connectivity index is 1.66. The van der Waals surface area contributed by atoms with Crippen molar-refractivity contribution in [2.45, 2.75) is 31.8 Å². The van der Waals surface area contributed by atoms with Crippen molar-refractivity contribution in [3.05, 3.63) is 28.3 Å². The molecule has 1 aromatic carbocycles. The third-order valence-electron chi connectivity index (χ3n) is 3.94. The minimum atomic E-state index is -0.450. The van der Waals surface area contributed by atoms with Gasteiger partial charge in [-0.3, -0.25) is 10.1 Å². The lowest BCUT2D eigenvalue weighted by atomic mass is 9.87. The van der Waals surface area contributed by atoms with Crippen LogP contribution in [-0.4, -0.2) is 27.7 Å². The molecule has 21 heavy (non-hydrogen) atoms. The molecule has 1 aliphatic carbocycles. The molecule has 0 atom stereocenters. The highest BCUT2D eigenvalue weighted by Gasteiger charge is 2.20. The van der Waals surface area contributed by atoms with Gasteiger partial charge < -0.3 is 14.8 Å². The highest BCUT2D eigenvalue weighted by atomic mass is 16.6. The van der Waals surface area contributed by atoms with Gasteiger partial charge in [0.2, 0.25) is 0 Å². The fourth-order valence-electron chi connectivity index (χ4n) is 2.69. The zero-order valence-corrected chi connectivity index (χ0v) is 11.5. The summed E-state index contributed by atoms with van der Waals surface area (Å²) in [4.78, 5) is 14.5. The van der Waals surface area contributed by atoms with Crippen molar-refractivity contribution in [3.8, 4) is 0 Å². The van der Waals surface area contributed by atoms with Gasteiger partial charge in [-0.25, -0.2) is 0 Å². The summed E-state index contributed by atoms with van der Waals surface area (Å²) in [7, 11) is 0. The van der Waals surface area contributed by atoms with Crippen LogP contribution in [0.3, 0.4) is 0 Å². The second-order valence-corrected chi connectivity index (χ2v) is 5.48. The molecule has 3 rings (SSSR count). The molecule has 0 unspecified atom stereocenters. The monoisotopic (exact) mass is 291 g/mol. The standard InChI is InChI=1S/C14H17N3O4/c18-11-4-1-9(2-5-11)8-15-14-16-12-7-10(17(19)20)3-6-13(12)21-14/h3,6-7,9,11,18H,1-2,4-5,8H2,(H,15,16). The van der Waals surface area contributed by atoms with E-state index in [-0.39, 0.29) is 11.8 Å². The SMILES string of the molecule is O=[N+]([O-])c1ccc2oc(NCC3CCC(O)CC3)nc2c1. The van der Waals surface area contributed by atoms with Gasteiger partial charge in [-0.15, -0.1) is 0 Å². The first-order chi connectivity index (χ1) is 10.1. The van der Waals surface area contributed by atoms with Gasteiger partial charge in [-0.05, 0) is 37.7 Å². The molecule has 2 N–H and O–H groups in total. The first kappa shape index (κ1) is 13.8. The number of aliphatic hydroxyl groups excluding tert-OH is 1. The van der Waals surface area contributed by atoms with E-state index in [0.717, 1.165) is 32.2 Å². The van der Waals surface area contributed by atoms with Crippen molar-refractivity contribution < 1.29 is 14.4 Å². The number of benzene rings is 1. The van der Waals surface area contributed by atoms with Crippen LogP contribution >= 0.6 is 0 Å². The molecule has 112 valence electrons. The van der Waals surface area contributed by atoms with Crippen LogP contribution in [0.25, 0.3) is 11.1 Å². The summed E-state index contributed by atoms with van der Waals surface area (Å²) in [5, 5.41) is 23.3. The van der Waals surface area contributed by atoms with E-state index in [1.807, 2.05) is 0 Å². The smallest absolute Gasteiger partial charge is 0.295 e. The van der Waals surface area contributed by atoms with Crippen LogP contribution in [0.1, 0.15) is 25.7 Å². The first-order valence-electron chi connectivity index (χ1n) is 7.09. The topological polar surface area (TPSA) is 101 Å². The van der Waals surface area contributed by atoms with Gasteiger partial charge >= 0.3 is 0 Å². The number of nitro groups is 1. The Morgan fingerprint density at radius 3 is 2.86 bits per heavy atom. The van der Waals surface area contributed by atoms with E-state index >= 15 is 0 Å². The number of nitro benzene ring substituents is 1. The van der Waals surface area contributed by atoms with Crippen LogP contribution < -0.4 is 5.32 Å². The van der Waals surface area contributed by atoms with Crippen LogP contribution in [0, 0.1) is 16.0 Å². The van der Waals surface area contributed by atoms with Crippen molar-refractivity contribution >= 4 is 22.8 Å². The molecular weight excluding hydrogens is 274 g/mol. The molecule has 7 heteroatoms. The normalized spacial score (nSPS) is 22.3. The molecular formula is C14H17N3O4. The minimum absolute atomic E-state index is 0.00335. The van der Waals surface area contributed by atoms with Gasteiger partial charge in [0.05, 0.1) is 11.0 Å². The lowest BCUT2D eigenvalue weighted by Gasteiger charge is -2.25. The molecule has 0 aliphatic heterocycles. The molecule has 0 saturated heterocycles. The predicted octanol–water partition coefficient (Wildman–Crippen LogP) is 2.70. The van der Waals surface area contributed by atoms with Crippen LogP contribution in [0.2, 0.25) is 0 Å². The highest BCUT2D eigenvalue weighted by Crippen LogP contribution is 2.26. The van der Waals surface area contributed by atoms with E-state index in [1.165, 1.54) is 12.1 Å². The second kappa shape index (κ2) is 5.69. The summed E-state index contributed by atoms with van der Waals surface area (Å²) in [6.07, 6.45) is 3.49. The third-order valence-corrected chi connectivity index (χ3v) is 3.94. The zero-order chi connectivity index (χ0) is 14.8. The predicted molar refractivity (Wildman–Crippen MR) is 77.1 cm³/mol. The Hall–Kier alpha value is -2.15. The number of hydrogen-bond acceptors (Lipinski definition) is 6. The van der Waals surface area contributed by atoms with Gasteiger partial charge in [-0.1, -0.05) is 0 Å². The largest absolute Gasteiger partial charge is 0.424 e. The number of oxazole rings is 1. The van der Waals surface area contributed by atoms with Crippen molar-refractivity contribution in [2.24, 2.45) is 5.92 Å². The Bertz CT molecular complexity index is 647. The molecule has 1 aliphatic rings. The summed E-state index contributed by atoms with van der Waals surface area (Å²) in [5.74, 6) is 0.498. The molecule has 2 aromatic rings. The zero-order valence-electron chi connectivity index (χ0n) is 11.5. The number of nitrogens with zero attached hydrogens (tertiary/aromatic N) is 2. The van der Waals surface area contributed by atoms with Crippen molar-refractivity contribution in [2.75, 3.05) is 11.9 Å². The second-order valence-electron chi connectivity index (χ2n) is 5.48. The van der Waals surface area contributed by atoms with E-state index in [4.69, 9.17) is 4.42 Å². The number of aliphatic hydroxyl groups is 1. The van der Waals surface area contributed by atoms with E-state index < -0.39 is 4.92 Å². The maximum atomic E-state index is 10.7. The molecule has 0 spiro atoms. The molecule has 0 bridgehead atoms. The van der Waals surface area contributed by atoms with Gasteiger partial charge in [-0.2, -0.15) is 4.98 Å². The quantitative estimate of drug-likeness (QED) is 0.663. The molecule has 1 saturated carbocycles. The summed E-state index contributed by atoms with van der Waals surface area (Å²) in [6.45, 7) is 0.738. The van der Waals surface area contributed by atoms with Crippen molar-refractivity contribution in [1.29, 1.82) is 0 Å². The average Bonchev–Trinajstić information content (AvgIpc) is 2.88. The van der Waals surface area contributed by atoms with Gasteiger partial charge in [0.1, 0.15) is 5.52 Å². The molecule has 1 fully saturated rings. The number of hydrogen-bond donors (Lipinski definition) is 2. The summed E-state index contributed by atoms with van der Waals surface area (Å²) >= 11 is 0. The Morgan fingerprint density at radius 1 is 1.38 bits per heavy atom. The highest BCUT2D eigenvalue weighted by molar-refractivity contribution is 5.77. The number of rotatable bonds is 4. The maximum Gasteiger partial charge on any atom is 0.295 e. The number of fused-ring (bicyclic) bond motifs is 1. The van der Waals surface area contributed by atoms with Crippen LogP contribution in [0.15, 0.2) is 22.6 Å². The first-order valence-corrected chi connectivity index (χ1v) is 7.09. The third kappa shape index (κ3) is 3.13. The molecule has 7 nitrogen and oxygen atoms in total. The maximum absolute atomic E-state index is 10.7. The van der Waals surface area contributed by atoms with Crippen LogP contribution in [0.5, 0.6) is 0 Å². The number of anilines is 1. The molecule has 0 amide bonds. The number of non-ortho nitro benzene ring substituents is 1. The van der Waals surface area contributed by atoms with Gasteiger partial charge in [0.15, 0.2) is 5.58 Å². The summed E-state index contributed by atoms with van der Waals surface area (Å²) in [6, 6.07) is 4.75. The van der Waals surface area contributed by atoms with Crippen LogP contribution in [0.4, 0.5) is 11.7 Å². The Labute approximate surface area is 121 Å².